The van der Waals surface area contributed by atoms with Crippen LogP contribution in [0.1, 0.15) is 290 Å². The minimum absolute atomic E-state index is 0.0499. The Morgan fingerprint density at radius 2 is 0.797 bits per heavy atom. The van der Waals surface area contributed by atoms with Crippen molar-refractivity contribution < 1.29 is 58.2 Å². The van der Waals surface area contributed by atoms with Crippen LogP contribution < -0.4 is 0 Å². The molecule has 12 nitrogen and oxygen atoms in total. The Balaban J connectivity index is 2.66. The van der Waals surface area contributed by atoms with Gasteiger partial charge in [-0.05, 0) is 83.5 Å². The molecule has 0 aromatic carbocycles. The SMILES string of the molecule is CC/C=C\C/C=C\C/C=C\C/C=C\CCCCCCCCC(=O)OCC(COC1OC(C(=O)O)C(O)C(O)C1OC(=O)CCCCCCC/C=C\CCCCCC)OC(=O)CCCCCCCCCCCCCCCCCCC. The highest BCUT2D eigenvalue weighted by Crippen LogP contribution is 2.27. The van der Waals surface area contributed by atoms with E-state index in [4.69, 9.17) is 23.7 Å². The summed E-state index contributed by atoms with van der Waals surface area (Å²) >= 11 is 0. The summed E-state index contributed by atoms with van der Waals surface area (Å²) in [5, 5.41) is 31.5. The van der Waals surface area contributed by atoms with Gasteiger partial charge in [-0.3, -0.25) is 14.4 Å². The van der Waals surface area contributed by atoms with E-state index in [0.717, 1.165) is 122 Å². The van der Waals surface area contributed by atoms with Gasteiger partial charge in [-0.1, -0.05) is 248 Å². The Morgan fingerprint density at radius 3 is 1.24 bits per heavy atom. The summed E-state index contributed by atoms with van der Waals surface area (Å²) < 4.78 is 28.5. The largest absolute Gasteiger partial charge is 0.479 e. The van der Waals surface area contributed by atoms with Gasteiger partial charge in [0.25, 0.3) is 0 Å². The van der Waals surface area contributed by atoms with Gasteiger partial charge in [-0.15, -0.1) is 0 Å². The standard InChI is InChI=1S/C67H116O12/c1-4-7-10-13-16-19-22-25-27-29-30-32-33-36-38-41-44-47-50-53-59(68)75-56-58(77-60(69)54-51-48-45-42-40-37-34-31-28-26-23-20-17-14-11-8-5-2)57-76-67-65(63(72)62(71)64(79-67)66(73)74)78-61(70)55-52-49-46-43-39-35-24-21-18-15-12-9-6-3/h7,10,16,19,21,24-25,27,30,32,58,62-65,67,71-72H,4-6,8-9,11-15,17-18,20,22-23,26,28-29,31,33-57H2,1-3H3,(H,73,74)/b10-7-,19-16-,24-21-,27-25-,32-30-. The smallest absolute Gasteiger partial charge is 0.335 e. The Labute approximate surface area is 481 Å². The summed E-state index contributed by atoms with van der Waals surface area (Å²) in [5.41, 5.74) is 0. The molecule has 1 aliphatic rings. The average Bonchev–Trinajstić information content (AvgIpc) is 3.44. The molecular weight excluding hydrogens is 997 g/mol. The van der Waals surface area contributed by atoms with E-state index in [9.17, 15) is 34.5 Å². The van der Waals surface area contributed by atoms with Crippen LogP contribution in [-0.2, 0) is 42.9 Å². The lowest BCUT2D eigenvalue weighted by atomic mass is 9.98. The van der Waals surface area contributed by atoms with Gasteiger partial charge >= 0.3 is 23.9 Å². The van der Waals surface area contributed by atoms with Crippen LogP contribution in [0.2, 0.25) is 0 Å². The molecule has 0 bridgehead atoms. The number of carbonyl (C=O) groups excluding carboxylic acids is 3. The Morgan fingerprint density at radius 1 is 0.430 bits per heavy atom. The van der Waals surface area contributed by atoms with Gasteiger partial charge < -0.3 is 39.0 Å². The van der Waals surface area contributed by atoms with Gasteiger partial charge in [-0.2, -0.15) is 0 Å². The second kappa shape index (κ2) is 55.0. The van der Waals surface area contributed by atoms with Crippen LogP contribution in [0.25, 0.3) is 0 Å². The van der Waals surface area contributed by atoms with Crippen molar-refractivity contribution in [2.24, 2.45) is 0 Å². The highest BCUT2D eigenvalue weighted by Gasteiger charge is 2.50. The zero-order valence-electron chi connectivity index (χ0n) is 50.4. The molecule has 0 radical (unpaired) electrons. The number of allylic oxidation sites excluding steroid dienone is 10. The first-order chi connectivity index (χ1) is 38.6. The van der Waals surface area contributed by atoms with Crippen LogP contribution in [0.5, 0.6) is 0 Å². The number of esters is 3. The molecule has 1 heterocycles. The fourth-order valence-corrected chi connectivity index (χ4v) is 9.65. The zero-order chi connectivity index (χ0) is 57.5. The van der Waals surface area contributed by atoms with Gasteiger partial charge in [0, 0.05) is 19.3 Å². The maximum Gasteiger partial charge on any atom is 0.335 e. The molecule has 1 fully saturated rings. The number of aliphatic hydroxyl groups is 2. The Bertz CT molecular complexity index is 1600. The van der Waals surface area contributed by atoms with Crippen LogP contribution in [0.15, 0.2) is 60.8 Å². The molecule has 0 aliphatic carbocycles. The van der Waals surface area contributed by atoms with Crippen molar-refractivity contribution in [2.75, 3.05) is 13.2 Å². The molecule has 6 atom stereocenters. The summed E-state index contributed by atoms with van der Waals surface area (Å²) in [4.78, 5) is 51.3. The fourth-order valence-electron chi connectivity index (χ4n) is 9.65. The lowest BCUT2D eigenvalue weighted by Crippen LogP contribution is -2.61. The van der Waals surface area contributed by atoms with Crippen LogP contribution in [-0.4, -0.2) is 89.2 Å². The van der Waals surface area contributed by atoms with E-state index in [-0.39, 0.29) is 25.9 Å². The van der Waals surface area contributed by atoms with Crippen molar-refractivity contribution in [3.8, 4) is 0 Å². The molecule has 3 N–H and O–H groups in total. The molecule has 0 aromatic heterocycles. The second-order valence-electron chi connectivity index (χ2n) is 22.0. The molecule has 0 saturated carbocycles. The van der Waals surface area contributed by atoms with Crippen LogP contribution in [0, 0.1) is 0 Å². The topological polar surface area (TPSA) is 175 Å². The summed E-state index contributed by atoms with van der Waals surface area (Å²) in [7, 11) is 0. The van der Waals surface area contributed by atoms with Crippen LogP contribution >= 0.6 is 0 Å². The monoisotopic (exact) mass is 1110 g/mol. The molecule has 456 valence electrons. The third-order valence-corrected chi connectivity index (χ3v) is 14.6. The highest BCUT2D eigenvalue weighted by molar-refractivity contribution is 5.74. The van der Waals surface area contributed by atoms with Gasteiger partial charge in [0.15, 0.2) is 24.6 Å². The first-order valence-corrected chi connectivity index (χ1v) is 32.3. The lowest BCUT2D eigenvalue weighted by molar-refractivity contribution is -0.301. The Hall–Kier alpha value is -3.58. The van der Waals surface area contributed by atoms with Gasteiger partial charge in [0.1, 0.15) is 18.8 Å². The molecule has 1 aliphatic heterocycles. The number of aliphatic hydroxyl groups excluding tert-OH is 2. The van der Waals surface area contributed by atoms with E-state index in [1.807, 2.05) is 0 Å². The summed E-state index contributed by atoms with van der Waals surface area (Å²) in [5.74, 6) is -3.13. The van der Waals surface area contributed by atoms with Gasteiger partial charge in [-0.25, -0.2) is 4.79 Å². The normalized spacial score (nSPS) is 18.2. The number of hydrogen-bond acceptors (Lipinski definition) is 11. The highest BCUT2D eigenvalue weighted by atomic mass is 16.7. The quantitative estimate of drug-likeness (QED) is 0.0228. The number of aliphatic carboxylic acids is 1. The van der Waals surface area contributed by atoms with Crippen molar-refractivity contribution >= 4 is 23.9 Å². The molecule has 0 amide bonds. The van der Waals surface area contributed by atoms with E-state index in [2.05, 4.69) is 81.5 Å². The van der Waals surface area contributed by atoms with Crippen LogP contribution in [0.4, 0.5) is 0 Å². The number of rotatable bonds is 55. The third kappa shape index (κ3) is 44.7. The number of hydrogen-bond donors (Lipinski definition) is 3. The Kier molecular flexibility index (Phi) is 51.1. The summed E-state index contributed by atoms with van der Waals surface area (Å²) in [6, 6.07) is 0. The van der Waals surface area contributed by atoms with Crippen molar-refractivity contribution in [1.82, 2.24) is 0 Å². The minimum atomic E-state index is -1.91. The first-order valence-electron chi connectivity index (χ1n) is 32.3. The number of carboxylic acid groups (broad SMARTS) is 1. The lowest BCUT2D eigenvalue weighted by Gasteiger charge is -2.40. The minimum Gasteiger partial charge on any atom is -0.479 e. The van der Waals surface area contributed by atoms with Crippen LogP contribution in [0.3, 0.4) is 0 Å². The van der Waals surface area contributed by atoms with Crippen molar-refractivity contribution in [3.63, 3.8) is 0 Å². The number of carbonyl (C=O) groups is 4. The van der Waals surface area contributed by atoms with Crippen molar-refractivity contribution in [1.29, 1.82) is 0 Å². The van der Waals surface area contributed by atoms with E-state index in [0.29, 0.717) is 19.3 Å². The number of carboxylic acids is 1. The molecule has 0 spiro atoms. The zero-order valence-corrected chi connectivity index (χ0v) is 50.4. The van der Waals surface area contributed by atoms with Gasteiger partial charge in [0.2, 0.25) is 0 Å². The predicted octanol–water partition coefficient (Wildman–Crippen LogP) is 17.1. The van der Waals surface area contributed by atoms with Crippen molar-refractivity contribution in [2.45, 2.75) is 327 Å². The van der Waals surface area contributed by atoms with E-state index in [1.54, 1.807) is 0 Å². The summed E-state index contributed by atoms with van der Waals surface area (Å²) in [6.07, 6.45) is 56.1. The molecule has 0 aromatic rings. The molecule has 1 rings (SSSR count). The molecular formula is C67H116O12. The maximum absolute atomic E-state index is 13.2. The molecule has 12 heteroatoms. The predicted molar refractivity (Wildman–Crippen MR) is 322 cm³/mol. The van der Waals surface area contributed by atoms with E-state index >= 15 is 0 Å². The van der Waals surface area contributed by atoms with Crippen molar-refractivity contribution in [3.05, 3.63) is 60.8 Å². The summed E-state index contributed by atoms with van der Waals surface area (Å²) in [6.45, 7) is 5.88. The molecule has 1 saturated heterocycles. The van der Waals surface area contributed by atoms with E-state index < -0.39 is 67.3 Å². The number of unbranched alkanes of at least 4 members (excludes halogenated alkanes) is 31. The van der Waals surface area contributed by atoms with Gasteiger partial charge in [0.05, 0.1) is 6.61 Å². The molecule has 79 heavy (non-hydrogen) atoms. The molecule has 6 unspecified atom stereocenters. The fraction of sp³-hybridized carbons (Fsp3) is 0.791. The number of ether oxygens (including phenoxy) is 5. The first kappa shape index (κ1) is 73.4. The second-order valence-corrected chi connectivity index (χ2v) is 22.0. The average molecular weight is 1110 g/mol. The third-order valence-electron chi connectivity index (χ3n) is 14.6. The van der Waals surface area contributed by atoms with E-state index in [1.165, 1.54) is 109 Å². The maximum atomic E-state index is 13.2.